The van der Waals surface area contributed by atoms with Crippen molar-refractivity contribution in [2.24, 2.45) is 0 Å². The van der Waals surface area contributed by atoms with Gasteiger partial charge in [0.05, 0.1) is 19.8 Å². The van der Waals surface area contributed by atoms with Crippen molar-refractivity contribution in [1.82, 2.24) is 0 Å². The van der Waals surface area contributed by atoms with Gasteiger partial charge < -0.3 is 14.2 Å². The number of benzene rings is 2. The van der Waals surface area contributed by atoms with Gasteiger partial charge in [0.15, 0.2) is 0 Å². The van der Waals surface area contributed by atoms with E-state index >= 15 is 0 Å². The van der Waals surface area contributed by atoms with Crippen LogP contribution in [-0.2, 0) is 9.47 Å². The van der Waals surface area contributed by atoms with Crippen molar-refractivity contribution in [2.75, 3.05) is 26.4 Å². The van der Waals surface area contributed by atoms with Crippen LogP contribution in [0.5, 0.6) is 5.75 Å². The minimum absolute atomic E-state index is 0.0133. The van der Waals surface area contributed by atoms with Gasteiger partial charge in [0, 0.05) is 17.7 Å². The summed E-state index contributed by atoms with van der Waals surface area (Å²) in [5, 5.41) is 0. The second-order valence-corrected chi connectivity index (χ2v) is 6.99. The summed E-state index contributed by atoms with van der Waals surface area (Å²) in [4.78, 5) is 0. The molecule has 1 unspecified atom stereocenters. The van der Waals surface area contributed by atoms with Gasteiger partial charge in [-0.1, -0.05) is 29.5 Å². The van der Waals surface area contributed by atoms with Crippen LogP contribution in [0.25, 0.3) is 0 Å². The normalized spacial score (nSPS) is 18.1. The lowest BCUT2D eigenvalue weighted by Crippen LogP contribution is -2.15. The molecule has 0 amide bonds. The van der Waals surface area contributed by atoms with Gasteiger partial charge in [0.1, 0.15) is 11.4 Å². The maximum atomic E-state index is 5.77. The van der Waals surface area contributed by atoms with Crippen molar-refractivity contribution in [3.8, 4) is 17.6 Å². The Morgan fingerprint density at radius 1 is 0.923 bits per heavy atom. The zero-order valence-corrected chi connectivity index (χ0v) is 15.6. The molecule has 136 valence electrons. The van der Waals surface area contributed by atoms with Crippen molar-refractivity contribution in [2.45, 2.75) is 32.3 Å². The molecule has 3 rings (SSSR count). The number of epoxide rings is 1. The quantitative estimate of drug-likeness (QED) is 0.403. The number of hydrogen-bond acceptors (Lipinski definition) is 3. The maximum Gasteiger partial charge on any atom is 0.119 e. The third-order valence-corrected chi connectivity index (χ3v) is 4.25. The highest BCUT2D eigenvalue weighted by molar-refractivity contribution is 5.44. The van der Waals surface area contributed by atoms with Gasteiger partial charge in [-0.25, -0.2) is 0 Å². The van der Waals surface area contributed by atoms with Crippen LogP contribution in [0, 0.1) is 18.8 Å². The zero-order chi connectivity index (χ0) is 18.2. The molecule has 0 aromatic heterocycles. The molecule has 3 heteroatoms. The summed E-state index contributed by atoms with van der Waals surface area (Å²) in [6.45, 7) is 7.12. The zero-order valence-electron chi connectivity index (χ0n) is 15.6. The van der Waals surface area contributed by atoms with Gasteiger partial charge >= 0.3 is 0 Å². The van der Waals surface area contributed by atoms with Crippen LogP contribution >= 0.6 is 0 Å². The minimum atomic E-state index is -0.0133. The standard InChI is InChI=1S/C23H26O3/c1-19-5-7-20(8-6-19)9-10-21-11-13-22(14-12-21)25-16-4-3-15-24-17-23(2)18-26-23/h5-8,11-14H,3-4,15-18H2,1-2H3. The predicted octanol–water partition coefficient (Wildman–Crippen LogP) is 4.36. The van der Waals surface area contributed by atoms with E-state index in [0.29, 0.717) is 13.2 Å². The smallest absolute Gasteiger partial charge is 0.119 e. The Labute approximate surface area is 156 Å². The summed E-state index contributed by atoms with van der Waals surface area (Å²) in [5.74, 6) is 7.24. The second kappa shape index (κ2) is 8.89. The van der Waals surface area contributed by atoms with Crippen molar-refractivity contribution < 1.29 is 14.2 Å². The Morgan fingerprint density at radius 3 is 2.12 bits per heavy atom. The molecule has 1 atom stereocenters. The van der Waals surface area contributed by atoms with Crippen LogP contribution in [0.4, 0.5) is 0 Å². The molecule has 1 fully saturated rings. The van der Waals surface area contributed by atoms with E-state index < -0.39 is 0 Å². The summed E-state index contributed by atoms with van der Waals surface area (Å²) in [6, 6.07) is 16.2. The molecule has 1 saturated heterocycles. The Balaban J connectivity index is 1.34. The topological polar surface area (TPSA) is 31.0 Å². The van der Waals surface area contributed by atoms with Crippen LogP contribution in [0.1, 0.15) is 36.5 Å². The first-order valence-electron chi connectivity index (χ1n) is 9.16. The van der Waals surface area contributed by atoms with E-state index in [-0.39, 0.29) is 5.60 Å². The van der Waals surface area contributed by atoms with Gasteiger partial charge in [-0.2, -0.15) is 0 Å². The third-order valence-electron chi connectivity index (χ3n) is 4.25. The van der Waals surface area contributed by atoms with E-state index in [1.165, 1.54) is 5.56 Å². The third kappa shape index (κ3) is 6.22. The van der Waals surface area contributed by atoms with Crippen LogP contribution < -0.4 is 4.74 Å². The maximum absolute atomic E-state index is 5.77. The van der Waals surface area contributed by atoms with Gasteiger partial charge in [-0.05, 0) is 63.1 Å². The van der Waals surface area contributed by atoms with E-state index in [9.17, 15) is 0 Å². The molecule has 0 spiro atoms. The predicted molar refractivity (Wildman–Crippen MR) is 104 cm³/mol. The van der Waals surface area contributed by atoms with Crippen molar-refractivity contribution in [3.05, 3.63) is 65.2 Å². The van der Waals surface area contributed by atoms with Crippen molar-refractivity contribution >= 4 is 0 Å². The summed E-state index contributed by atoms with van der Waals surface area (Å²) in [6.07, 6.45) is 1.97. The number of aryl methyl sites for hydroxylation is 1. The molecule has 26 heavy (non-hydrogen) atoms. The first-order chi connectivity index (χ1) is 12.6. The fourth-order valence-corrected chi connectivity index (χ4v) is 2.41. The molecule has 0 saturated carbocycles. The van der Waals surface area contributed by atoms with Crippen LogP contribution in [0.15, 0.2) is 48.5 Å². The van der Waals surface area contributed by atoms with Gasteiger partial charge in [-0.15, -0.1) is 0 Å². The molecule has 0 aliphatic carbocycles. The minimum Gasteiger partial charge on any atom is -0.494 e. The van der Waals surface area contributed by atoms with Gasteiger partial charge in [-0.3, -0.25) is 0 Å². The van der Waals surface area contributed by atoms with Crippen molar-refractivity contribution in [3.63, 3.8) is 0 Å². The average molecular weight is 350 g/mol. The average Bonchev–Trinajstić information content (AvgIpc) is 3.39. The van der Waals surface area contributed by atoms with Crippen LogP contribution in [-0.4, -0.2) is 32.0 Å². The highest BCUT2D eigenvalue weighted by Crippen LogP contribution is 2.25. The first-order valence-corrected chi connectivity index (χ1v) is 9.16. The number of unbranched alkanes of at least 4 members (excludes halogenated alkanes) is 1. The first kappa shape index (κ1) is 18.5. The monoisotopic (exact) mass is 350 g/mol. The Hall–Kier alpha value is -2.28. The molecule has 0 bridgehead atoms. The lowest BCUT2D eigenvalue weighted by molar-refractivity contribution is 0.0809. The Kier molecular flexibility index (Phi) is 6.33. The Bertz CT molecular complexity index is 747. The summed E-state index contributed by atoms with van der Waals surface area (Å²) >= 11 is 0. The number of hydrogen-bond donors (Lipinski definition) is 0. The van der Waals surface area contributed by atoms with Crippen LogP contribution in [0.3, 0.4) is 0 Å². The van der Waals surface area contributed by atoms with E-state index in [4.69, 9.17) is 14.2 Å². The van der Waals surface area contributed by atoms with E-state index in [2.05, 4.69) is 37.8 Å². The van der Waals surface area contributed by atoms with E-state index in [1.807, 2.05) is 36.4 Å². The largest absolute Gasteiger partial charge is 0.494 e. The van der Waals surface area contributed by atoms with Gasteiger partial charge in [0.25, 0.3) is 0 Å². The van der Waals surface area contributed by atoms with Crippen molar-refractivity contribution in [1.29, 1.82) is 0 Å². The second-order valence-electron chi connectivity index (χ2n) is 6.99. The molecule has 0 N–H and O–H groups in total. The molecular formula is C23H26O3. The molecule has 2 aromatic rings. The fourth-order valence-electron chi connectivity index (χ4n) is 2.41. The lowest BCUT2D eigenvalue weighted by Gasteiger charge is -2.08. The molecule has 3 nitrogen and oxygen atoms in total. The van der Waals surface area contributed by atoms with Crippen LogP contribution in [0.2, 0.25) is 0 Å². The molecule has 1 heterocycles. The molecule has 0 radical (unpaired) electrons. The summed E-state index contributed by atoms with van der Waals surface area (Å²) in [7, 11) is 0. The fraction of sp³-hybridized carbons (Fsp3) is 0.391. The number of rotatable bonds is 8. The highest BCUT2D eigenvalue weighted by atomic mass is 16.6. The molecule has 2 aromatic carbocycles. The number of ether oxygens (including phenoxy) is 3. The van der Waals surface area contributed by atoms with E-state index in [1.54, 1.807) is 0 Å². The lowest BCUT2D eigenvalue weighted by atomic mass is 10.1. The summed E-state index contributed by atoms with van der Waals surface area (Å²) < 4.78 is 16.7. The van der Waals surface area contributed by atoms with Gasteiger partial charge in [0.2, 0.25) is 0 Å². The molecule has 1 aliphatic heterocycles. The van der Waals surface area contributed by atoms with E-state index in [0.717, 1.165) is 42.9 Å². The SMILES string of the molecule is Cc1ccc(C#Cc2ccc(OCCCCOCC3(C)CO3)cc2)cc1. The molecule has 1 aliphatic rings. The highest BCUT2D eigenvalue weighted by Gasteiger charge is 2.39. The molecular weight excluding hydrogens is 324 g/mol. The summed E-state index contributed by atoms with van der Waals surface area (Å²) in [5.41, 5.74) is 3.25. The Morgan fingerprint density at radius 2 is 1.50 bits per heavy atom.